The van der Waals surface area contributed by atoms with Crippen LogP contribution in [-0.2, 0) is 27.2 Å². The van der Waals surface area contributed by atoms with E-state index in [1.54, 1.807) is 27.0 Å². The van der Waals surface area contributed by atoms with Crippen LogP contribution < -0.4 is 11.1 Å². The van der Waals surface area contributed by atoms with Gasteiger partial charge in [-0.25, -0.2) is 4.79 Å². The lowest BCUT2D eigenvalue weighted by Gasteiger charge is -2.30. The molecule has 1 aliphatic rings. The summed E-state index contributed by atoms with van der Waals surface area (Å²) in [7, 11) is 1.23. The molecule has 0 saturated heterocycles. The molecule has 2 aromatic carbocycles. The van der Waals surface area contributed by atoms with Crippen molar-refractivity contribution in [2.75, 3.05) is 20.2 Å². The summed E-state index contributed by atoms with van der Waals surface area (Å²) < 4.78 is 9.33. The largest absolute Gasteiger partial charge is 0.468 e. The standard InChI is InChI=1S/C18H15Cl2N3O.C9H18N2O4/c1-10-15(19)6-13-9-23(5-4-14(13)17(10)20)18(24)11-2-3-12-8-21-22-16(12)7-11;1-9(2,3)15-8(13)11-5-6(10)7(12)14-4/h2-3,6-8H,4-5,9H2,1H3,(H,21,22);6H,5,10H2,1-4H3,(H,11,13)/t;6-/m.0/s1. The lowest BCUT2D eigenvalue weighted by molar-refractivity contribution is -0.141. The first-order valence-electron chi connectivity index (χ1n) is 12.3. The van der Waals surface area contributed by atoms with Crippen LogP contribution in [0.25, 0.3) is 10.9 Å². The molecular weight excluding hydrogens is 545 g/mol. The Labute approximate surface area is 237 Å². The number of ether oxygens (including phenoxy) is 2. The van der Waals surface area contributed by atoms with Gasteiger partial charge in [-0.1, -0.05) is 29.3 Å². The number of carbonyl (C=O) groups excluding carboxylic acids is 3. The molecule has 4 rings (SSSR count). The normalized spacial score (nSPS) is 13.6. The molecule has 0 aliphatic carbocycles. The first-order valence-corrected chi connectivity index (χ1v) is 13.0. The van der Waals surface area contributed by atoms with Crippen LogP contribution in [-0.4, -0.2) is 64.9 Å². The van der Waals surface area contributed by atoms with Crippen molar-refractivity contribution in [3.05, 3.63) is 62.8 Å². The van der Waals surface area contributed by atoms with Gasteiger partial charge in [-0.2, -0.15) is 5.10 Å². The van der Waals surface area contributed by atoms with E-state index >= 15 is 0 Å². The molecule has 2 amide bonds. The predicted octanol–water partition coefficient (Wildman–Crippen LogP) is 4.39. The second kappa shape index (κ2) is 12.7. The Morgan fingerprint density at radius 1 is 1.23 bits per heavy atom. The number of aromatic amines is 1. The van der Waals surface area contributed by atoms with Crippen LogP contribution in [0.4, 0.5) is 4.79 Å². The van der Waals surface area contributed by atoms with Crippen molar-refractivity contribution in [3.63, 3.8) is 0 Å². The summed E-state index contributed by atoms with van der Waals surface area (Å²) in [4.78, 5) is 36.7. The Balaban J connectivity index is 0.000000244. The number of alkyl carbamates (subject to hydrolysis) is 1. The van der Waals surface area contributed by atoms with E-state index in [-0.39, 0.29) is 12.5 Å². The molecule has 4 N–H and O–H groups in total. The van der Waals surface area contributed by atoms with Crippen LogP contribution in [0.5, 0.6) is 0 Å². The third-order valence-electron chi connectivity index (χ3n) is 5.98. The van der Waals surface area contributed by atoms with E-state index in [9.17, 15) is 14.4 Å². The number of hydrogen-bond donors (Lipinski definition) is 3. The zero-order valence-electron chi connectivity index (χ0n) is 22.6. The van der Waals surface area contributed by atoms with Crippen LogP contribution in [0, 0.1) is 6.92 Å². The van der Waals surface area contributed by atoms with E-state index < -0.39 is 23.7 Å². The molecule has 2 heterocycles. The summed E-state index contributed by atoms with van der Waals surface area (Å²) >= 11 is 12.7. The molecular formula is C27H33Cl2N5O5. The van der Waals surface area contributed by atoms with Gasteiger partial charge in [0.15, 0.2) is 0 Å². The third-order valence-corrected chi connectivity index (χ3v) is 6.88. The van der Waals surface area contributed by atoms with E-state index in [2.05, 4.69) is 20.3 Å². The van der Waals surface area contributed by atoms with Gasteiger partial charge in [-0.05, 0) is 69.0 Å². The van der Waals surface area contributed by atoms with Gasteiger partial charge in [-0.3, -0.25) is 14.7 Å². The Morgan fingerprint density at radius 2 is 1.95 bits per heavy atom. The summed E-state index contributed by atoms with van der Waals surface area (Å²) in [6, 6.07) is 6.64. The third kappa shape index (κ3) is 7.84. The zero-order valence-corrected chi connectivity index (χ0v) is 24.1. The van der Waals surface area contributed by atoms with Gasteiger partial charge in [0.25, 0.3) is 5.91 Å². The minimum absolute atomic E-state index is 0.00460. The van der Waals surface area contributed by atoms with Gasteiger partial charge >= 0.3 is 12.1 Å². The highest BCUT2D eigenvalue weighted by Crippen LogP contribution is 2.34. The van der Waals surface area contributed by atoms with Crippen molar-refractivity contribution >= 4 is 52.1 Å². The van der Waals surface area contributed by atoms with Crippen LogP contribution in [0.3, 0.4) is 0 Å². The number of carbonyl (C=O) groups is 3. The number of fused-ring (bicyclic) bond motifs is 2. The van der Waals surface area contributed by atoms with Crippen LogP contribution in [0.15, 0.2) is 30.5 Å². The van der Waals surface area contributed by atoms with E-state index in [0.29, 0.717) is 23.7 Å². The number of nitrogens with zero attached hydrogens (tertiary/aromatic N) is 2. The number of methoxy groups -OCH3 is 1. The smallest absolute Gasteiger partial charge is 0.407 e. The first-order chi connectivity index (χ1) is 18.3. The van der Waals surface area contributed by atoms with E-state index in [1.165, 1.54) is 7.11 Å². The molecule has 0 unspecified atom stereocenters. The van der Waals surface area contributed by atoms with E-state index in [1.807, 2.05) is 36.1 Å². The lowest BCUT2D eigenvalue weighted by atomic mass is 9.96. The molecule has 12 heteroatoms. The van der Waals surface area contributed by atoms with Gasteiger partial charge in [0, 0.05) is 40.6 Å². The number of halogens is 2. The minimum atomic E-state index is -0.873. The van der Waals surface area contributed by atoms with Crippen molar-refractivity contribution in [2.24, 2.45) is 5.73 Å². The van der Waals surface area contributed by atoms with Gasteiger partial charge < -0.3 is 25.4 Å². The monoisotopic (exact) mass is 577 g/mol. The Morgan fingerprint density at radius 3 is 2.62 bits per heavy atom. The number of nitrogens with two attached hydrogens (primary N) is 1. The Bertz CT molecular complexity index is 1370. The van der Waals surface area contributed by atoms with E-state index in [4.69, 9.17) is 33.7 Å². The molecule has 1 atom stereocenters. The predicted molar refractivity (Wildman–Crippen MR) is 150 cm³/mol. The SMILES string of the molecule is COC(=O)[C@@H](N)CNC(=O)OC(C)(C)C.Cc1c(Cl)cc2c(c1Cl)CCN(C(=O)c1ccc3cn[nH]c3c1)C2. The summed E-state index contributed by atoms with van der Waals surface area (Å²) in [6.45, 7) is 8.30. The second-order valence-electron chi connectivity index (χ2n) is 10.1. The van der Waals surface area contributed by atoms with E-state index in [0.717, 1.165) is 39.0 Å². The van der Waals surface area contributed by atoms with Crippen molar-refractivity contribution in [1.29, 1.82) is 0 Å². The molecule has 210 valence electrons. The zero-order chi connectivity index (χ0) is 28.9. The molecule has 0 saturated carbocycles. The number of H-pyrrole nitrogens is 1. The molecule has 0 bridgehead atoms. The maximum atomic E-state index is 12.8. The fourth-order valence-corrected chi connectivity index (χ4v) is 4.52. The Kier molecular flexibility index (Phi) is 9.82. The number of amides is 2. The lowest BCUT2D eigenvalue weighted by Crippen LogP contribution is -2.44. The summed E-state index contributed by atoms with van der Waals surface area (Å²) in [6.07, 6.45) is 1.87. The maximum Gasteiger partial charge on any atom is 0.407 e. The number of aromatic nitrogens is 2. The average molecular weight is 578 g/mol. The highest BCUT2D eigenvalue weighted by Gasteiger charge is 2.25. The quantitative estimate of drug-likeness (QED) is 0.390. The Hall–Kier alpha value is -3.34. The van der Waals surface area contributed by atoms with Gasteiger partial charge in [0.2, 0.25) is 0 Å². The minimum Gasteiger partial charge on any atom is -0.468 e. The molecule has 10 nitrogen and oxygen atoms in total. The summed E-state index contributed by atoms with van der Waals surface area (Å²) in [5, 5.41) is 11.6. The molecule has 3 aromatic rings. The molecule has 39 heavy (non-hydrogen) atoms. The number of nitrogens with one attached hydrogen (secondary N) is 2. The molecule has 1 aromatic heterocycles. The fourth-order valence-electron chi connectivity index (χ4n) is 3.93. The number of hydrogen-bond acceptors (Lipinski definition) is 7. The topological polar surface area (TPSA) is 140 Å². The van der Waals surface area contributed by atoms with Gasteiger partial charge in [0.05, 0.1) is 18.8 Å². The number of benzene rings is 2. The summed E-state index contributed by atoms with van der Waals surface area (Å²) in [5.41, 5.74) is 9.37. The highest BCUT2D eigenvalue weighted by molar-refractivity contribution is 6.36. The highest BCUT2D eigenvalue weighted by atomic mass is 35.5. The number of rotatable bonds is 4. The van der Waals surface area contributed by atoms with Crippen molar-refractivity contribution in [2.45, 2.75) is 52.3 Å². The van der Waals surface area contributed by atoms with Crippen molar-refractivity contribution < 1.29 is 23.9 Å². The number of esters is 1. The van der Waals surface area contributed by atoms with Crippen LogP contribution in [0.1, 0.15) is 47.8 Å². The fraction of sp³-hybridized carbons (Fsp3) is 0.407. The second-order valence-corrected chi connectivity index (χ2v) is 10.9. The molecule has 0 fully saturated rings. The molecule has 1 aliphatic heterocycles. The van der Waals surface area contributed by atoms with Crippen molar-refractivity contribution in [3.8, 4) is 0 Å². The van der Waals surface area contributed by atoms with Gasteiger partial charge in [0.1, 0.15) is 11.6 Å². The molecule has 0 spiro atoms. The van der Waals surface area contributed by atoms with Crippen LogP contribution >= 0.6 is 23.2 Å². The van der Waals surface area contributed by atoms with Crippen LogP contribution in [0.2, 0.25) is 10.0 Å². The average Bonchev–Trinajstić information content (AvgIpc) is 3.36. The first kappa shape index (κ1) is 30.2. The maximum absolute atomic E-state index is 12.8. The van der Waals surface area contributed by atoms with Gasteiger partial charge in [-0.15, -0.1) is 0 Å². The molecule has 0 radical (unpaired) electrons. The van der Waals surface area contributed by atoms with Crippen molar-refractivity contribution in [1.82, 2.24) is 20.4 Å². The summed E-state index contributed by atoms with van der Waals surface area (Å²) in [5.74, 6) is -0.573.